The van der Waals surface area contributed by atoms with Crippen LogP contribution in [0.1, 0.15) is 60.3 Å². The maximum Gasteiger partial charge on any atom is 0.323 e. The number of alkyl halides is 1. The molecule has 1 unspecified atom stereocenters. The van der Waals surface area contributed by atoms with Gasteiger partial charge in [-0.2, -0.15) is 20.2 Å². The lowest BCUT2D eigenvalue weighted by atomic mass is 9.74. The van der Waals surface area contributed by atoms with Gasteiger partial charge in [-0.3, -0.25) is 4.90 Å². The van der Waals surface area contributed by atoms with E-state index in [1.807, 2.05) is 18.9 Å². The van der Waals surface area contributed by atoms with Crippen molar-refractivity contribution in [2.24, 2.45) is 0 Å². The predicted octanol–water partition coefficient (Wildman–Crippen LogP) is 2.21. The molecule has 4 N–H and O–H groups in total. The van der Waals surface area contributed by atoms with E-state index in [1.165, 1.54) is 16.2 Å². The Morgan fingerprint density at radius 2 is 2.10 bits per heavy atom. The molecule has 7 rings (SSSR count). The quantitative estimate of drug-likeness (QED) is 0.416. The predicted molar refractivity (Wildman–Crippen MR) is 150 cm³/mol. The zero-order chi connectivity index (χ0) is 28.5. The normalized spacial score (nSPS) is 25.1. The van der Waals surface area contributed by atoms with Gasteiger partial charge in [0.25, 0.3) is 0 Å². The van der Waals surface area contributed by atoms with Gasteiger partial charge >= 0.3 is 6.01 Å². The van der Waals surface area contributed by atoms with Crippen molar-refractivity contribution in [3.05, 3.63) is 21.7 Å². The number of fused-ring (bicyclic) bond motifs is 3. The summed E-state index contributed by atoms with van der Waals surface area (Å²) in [5.41, 5.74) is 13.8. The molecular formula is C26H32FN11O2S. The number of hydrogen-bond acceptors (Lipinski definition) is 14. The van der Waals surface area contributed by atoms with Crippen molar-refractivity contribution in [2.45, 2.75) is 62.2 Å². The number of rotatable bonds is 7. The molecule has 3 aromatic rings. The first-order chi connectivity index (χ1) is 19.7. The molecule has 3 atom stereocenters. The second-order valence-electron chi connectivity index (χ2n) is 11.8. The summed E-state index contributed by atoms with van der Waals surface area (Å²) < 4.78 is 25.4. The first-order valence-electron chi connectivity index (χ1n) is 13.9. The van der Waals surface area contributed by atoms with E-state index in [-0.39, 0.29) is 28.8 Å². The summed E-state index contributed by atoms with van der Waals surface area (Å²) in [6.45, 7) is 4.85. The van der Waals surface area contributed by atoms with Crippen molar-refractivity contribution in [2.75, 3.05) is 61.1 Å². The highest BCUT2D eigenvalue weighted by Crippen LogP contribution is 2.52. The molecular weight excluding hydrogens is 549 g/mol. The number of aromatic nitrogens is 5. The second-order valence-corrected chi connectivity index (χ2v) is 12.9. The Kier molecular flexibility index (Phi) is 5.98. The van der Waals surface area contributed by atoms with E-state index in [1.54, 1.807) is 0 Å². The largest absolute Gasteiger partial charge is 0.461 e. The van der Waals surface area contributed by atoms with E-state index in [2.05, 4.69) is 31.2 Å². The number of nitrogens with zero attached hydrogens (tertiary/aromatic N) is 9. The molecule has 0 radical (unpaired) electrons. The third-order valence-electron chi connectivity index (χ3n) is 9.41. The van der Waals surface area contributed by atoms with Crippen molar-refractivity contribution in [1.29, 1.82) is 5.26 Å². The van der Waals surface area contributed by atoms with E-state index in [0.29, 0.717) is 60.8 Å². The summed E-state index contributed by atoms with van der Waals surface area (Å²) in [5.74, 6) is 1.05. The number of hydrogen-bond donors (Lipinski definition) is 2. The van der Waals surface area contributed by atoms with Gasteiger partial charge in [0.1, 0.15) is 23.8 Å². The molecule has 0 aromatic carbocycles. The number of ether oxygens (including phenoxy) is 1. The molecule has 216 valence electrons. The van der Waals surface area contributed by atoms with Gasteiger partial charge in [-0.25, -0.2) is 9.02 Å². The zero-order valence-corrected chi connectivity index (χ0v) is 23.8. The van der Waals surface area contributed by atoms with Crippen LogP contribution in [-0.4, -0.2) is 81.7 Å². The van der Waals surface area contributed by atoms with Gasteiger partial charge in [-0.15, -0.1) is 11.3 Å². The molecule has 3 saturated heterocycles. The average Bonchev–Trinajstić information content (AvgIpc) is 3.72. The Labute approximate surface area is 240 Å². The third kappa shape index (κ3) is 4.06. The lowest BCUT2D eigenvalue weighted by molar-refractivity contribution is 0.107. The highest BCUT2D eigenvalue weighted by atomic mass is 32.1. The number of halogens is 1. The number of aryl methyl sites for hydroxylation is 1. The summed E-state index contributed by atoms with van der Waals surface area (Å²) in [4.78, 5) is 21.5. The molecule has 3 aliphatic heterocycles. The number of nitriles is 1. The number of thiophene rings is 1. The van der Waals surface area contributed by atoms with Crippen LogP contribution in [0.3, 0.4) is 0 Å². The van der Waals surface area contributed by atoms with Crippen molar-refractivity contribution < 1.29 is 13.8 Å². The van der Waals surface area contributed by atoms with E-state index in [4.69, 9.17) is 30.8 Å². The molecule has 1 aliphatic carbocycles. The minimum atomic E-state index is -0.852. The number of nitrogen functional groups attached to an aromatic ring is 2. The first kappa shape index (κ1) is 26.1. The summed E-state index contributed by atoms with van der Waals surface area (Å²) in [6.07, 6.45) is 3.38. The molecule has 3 aromatic heterocycles. The average molecular weight is 582 g/mol. The fourth-order valence-corrected chi connectivity index (χ4v) is 8.30. The minimum absolute atomic E-state index is 0.147. The van der Waals surface area contributed by atoms with Crippen molar-refractivity contribution in [1.82, 2.24) is 30.2 Å². The van der Waals surface area contributed by atoms with Crippen molar-refractivity contribution in [3.63, 3.8) is 0 Å². The summed E-state index contributed by atoms with van der Waals surface area (Å²) in [7, 11) is 1.83. The number of anilines is 4. The zero-order valence-electron chi connectivity index (χ0n) is 23.0. The van der Waals surface area contributed by atoms with Gasteiger partial charge in [0, 0.05) is 43.4 Å². The van der Waals surface area contributed by atoms with Gasteiger partial charge in [-0.1, -0.05) is 5.16 Å². The summed E-state index contributed by atoms with van der Waals surface area (Å²) in [6, 6.07) is 2.16. The lowest BCUT2D eigenvalue weighted by Crippen LogP contribution is -2.59. The molecule has 0 bridgehead atoms. The maximum absolute atomic E-state index is 14.4. The maximum atomic E-state index is 14.4. The topological polar surface area (TPSA) is 172 Å². The van der Waals surface area contributed by atoms with Crippen LogP contribution >= 0.6 is 11.3 Å². The molecule has 0 amide bonds. The van der Waals surface area contributed by atoms with Gasteiger partial charge in [0.2, 0.25) is 11.9 Å². The van der Waals surface area contributed by atoms with Gasteiger partial charge < -0.3 is 26.0 Å². The standard InChI is InChI=1S/C26H32FN11O2S/c1-14(19-20(29)35-40-34-19)36(2)22-31-23(33-24(32-22)39-13-26-5-3-7-38(26)10-15(27)8-26)37-11-25(12-37)6-4-17-18(25)16(9-28)21(30)41-17/h14-15H,3-8,10-13,30H2,1-2H3,(H2,29,35)/t14?,15-,26+/m1/s1. The monoisotopic (exact) mass is 581 g/mol. The van der Waals surface area contributed by atoms with Gasteiger partial charge in [-0.05, 0) is 49.9 Å². The first-order valence-corrected chi connectivity index (χ1v) is 14.7. The van der Waals surface area contributed by atoms with Crippen LogP contribution in [0, 0.1) is 11.3 Å². The Morgan fingerprint density at radius 1 is 1.27 bits per heavy atom. The fraction of sp³-hybridized carbons (Fsp3) is 0.615. The summed E-state index contributed by atoms with van der Waals surface area (Å²) >= 11 is 1.52. The van der Waals surface area contributed by atoms with Crippen LogP contribution in [0.25, 0.3) is 0 Å². The van der Waals surface area contributed by atoms with Crippen LogP contribution < -0.4 is 26.0 Å². The number of nitrogens with two attached hydrogens (primary N) is 2. The molecule has 4 aliphatic rings. The van der Waals surface area contributed by atoms with Crippen LogP contribution in [0.15, 0.2) is 4.63 Å². The minimum Gasteiger partial charge on any atom is -0.461 e. The third-order valence-corrected chi connectivity index (χ3v) is 10.5. The second kappa shape index (κ2) is 9.38. The highest BCUT2D eigenvalue weighted by Gasteiger charge is 2.52. The molecule has 15 heteroatoms. The van der Waals surface area contributed by atoms with E-state index < -0.39 is 6.17 Å². The highest BCUT2D eigenvalue weighted by molar-refractivity contribution is 7.16. The van der Waals surface area contributed by atoms with Crippen LogP contribution in [0.4, 0.5) is 27.1 Å². The molecule has 6 heterocycles. The van der Waals surface area contributed by atoms with Crippen LogP contribution in [-0.2, 0) is 11.8 Å². The molecule has 41 heavy (non-hydrogen) atoms. The lowest BCUT2D eigenvalue weighted by Gasteiger charge is -2.48. The van der Waals surface area contributed by atoms with Crippen molar-refractivity contribution >= 4 is 34.1 Å². The smallest absolute Gasteiger partial charge is 0.323 e. The van der Waals surface area contributed by atoms with E-state index in [9.17, 15) is 9.65 Å². The Bertz CT molecular complexity index is 1530. The van der Waals surface area contributed by atoms with E-state index in [0.717, 1.165) is 37.8 Å². The van der Waals surface area contributed by atoms with Crippen LogP contribution in [0.2, 0.25) is 0 Å². The van der Waals surface area contributed by atoms with Crippen molar-refractivity contribution in [3.8, 4) is 12.1 Å². The molecule has 0 saturated carbocycles. The fourth-order valence-electron chi connectivity index (χ4n) is 7.16. The molecule has 13 nitrogen and oxygen atoms in total. The molecule has 1 spiro atoms. The van der Waals surface area contributed by atoms with E-state index >= 15 is 0 Å². The van der Waals surface area contributed by atoms with Gasteiger partial charge in [0.05, 0.1) is 17.1 Å². The SMILES string of the molecule is CC(c1nonc1N)N(C)c1nc(OC[C@@]23CCCN2C[C@H](F)C3)nc(N2CC3(CCc4sc(N)c(C#N)c43)C2)n1. The van der Waals surface area contributed by atoms with Crippen LogP contribution in [0.5, 0.6) is 6.01 Å². The Morgan fingerprint density at radius 3 is 2.85 bits per heavy atom. The Balaban J connectivity index is 1.18. The summed E-state index contributed by atoms with van der Waals surface area (Å²) in [5, 5.41) is 18.0. The Hall–Kier alpha value is -3.77. The molecule has 3 fully saturated rings. The van der Waals surface area contributed by atoms with Gasteiger partial charge in [0.15, 0.2) is 11.5 Å².